The molecule has 31 heavy (non-hydrogen) atoms. The smallest absolute Gasteiger partial charge is 0.417 e. The van der Waals surface area contributed by atoms with Crippen LogP contribution < -0.4 is 0 Å². The number of benzene rings is 1. The van der Waals surface area contributed by atoms with E-state index in [1.54, 1.807) is 18.2 Å². The molecule has 160 valence electrons. The summed E-state index contributed by atoms with van der Waals surface area (Å²) in [4.78, 5) is 19.1. The lowest BCUT2D eigenvalue weighted by molar-refractivity contribution is -0.138. The van der Waals surface area contributed by atoms with Crippen molar-refractivity contribution in [3.63, 3.8) is 0 Å². The van der Waals surface area contributed by atoms with Gasteiger partial charge in [-0.1, -0.05) is 34.4 Å². The molecule has 1 N–H and O–H groups in total. The summed E-state index contributed by atoms with van der Waals surface area (Å²) >= 11 is 12.2. The summed E-state index contributed by atoms with van der Waals surface area (Å²) in [6, 6.07) is 5.67. The van der Waals surface area contributed by atoms with Crippen molar-refractivity contribution in [1.29, 1.82) is 0 Å². The van der Waals surface area contributed by atoms with Gasteiger partial charge in [-0.25, -0.2) is 4.98 Å². The fourth-order valence-corrected chi connectivity index (χ4v) is 3.42. The number of nitrogens with zero attached hydrogens (tertiary/aromatic N) is 4. The second-order valence-corrected chi connectivity index (χ2v) is 7.37. The first-order valence-corrected chi connectivity index (χ1v) is 9.47. The van der Waals surface area contributed by atoms with Crippen molar-refractivity contribution in [3.8, 4) is 23.0 Å². The zero-order valence-electron chi connectivity index (χ0n) is 15.3. The molecule has 0 atom stereocenters. The van der Waals surface area contributed by atoms with E-state index in [1.165, 1.54) is 6.20 Å². The molecule has 0 spiro atoms. The number of aryl methyl sites for hydroxylation is 1. The summed E-state index contributed by atoms with van der Waals surface area (Å²) in [6.07, 6.45) is -2.17. The lowest BCUT2D eigenvalue weighted by atomic mass is 10.1. The fourth-order valence-electron chi connectivity index (χ4n) is 2.89. The van der Waals surface area contributed by atoms with Crippen LogP contribution >= 0.6 is 23.2 Å². The number of aliphatic carboxylic acids is 1. The van der Waals surface area contributed by atoms with E-state index in [0.29, 0.717) is 16.1 Å². The predicted octanol–water partition coefficient (Wildman–Crippen LogP) is 5.39. The fraction of sp³-hybridized carbons (Fsp3) is 0.158. The Morgan fingerprint density at radius 1 is 1.13 bits per heavy atom. The largest absolute Gasteiger partial charge is 0.481 e. The van der Waals surface area contributed by atoms with E-state index in [9.17, 15) is 18.0 Å². The van der Waals surface area contributed by atoms with Crippen molar-refractivity contribution in [1.82, 2.24) is 19.5 Å². The maximum absolute atomic E-state index is 13.0. The van der Waals surface area contributed by atoms with Crippen molar-refractivity contribution >= 4 is 34.8 Å². The van der Waals surface area contributed by atoms with Gasteiger partial charge >= 0.3 is 12.1 Å². The average Bonchev–Trinajstić information content (AvgIpc) is 3.33. The Labute approximate surface area is 182 Å². The van der Waals surface area contributed by atoms with Gasteiger partial charge in [0.2, 0.25) is 5.82 Å². The number of carboxylic acids is 1. The lowest BCUT2D eigenvalue weighted by Crippen LogP contribution is -2.06. The molecule has 7 nitrogen and oxygen atoms in total. The molecule has 0 bridgehead atoms. The van der Waals surface area contributed by atoms with Gasteiger partial charge < -0.3 is 14.0 Å². The summed E-state index contributed by atoms with van der Waals surface area (Å²) in [5.41, 5.74) is 0.509. The molecule has 0 saturated carbocycles. The second-order valence-electron chi connectivity index (χ2n) is 6.55. The molecule has 4 aromatic rings. The number of hydrogen-bond donors (Lipinski definition) is 1. The third-order valence-corrected chi connectivity index (χ3v) is 5.03. The quantitative estimate of drug-likeness (QED) is 0.420. The zero-order chi connectivity index (χ0) is 22.3. The van der Waals surface area contributed by atoms with Gasteiger partial charge in [0.05, 0.1) is 10.6 Å². The van der Waals surface area contributed by atoms with E-state index in [0.717, 1.165) is 16.7 Å². The van der Waals surface area contributed by atoms with Crippen LogP contribution in [-0.2, 0) is 17.4 Å². The number of imidazole rings is 1. The van der Waals surface area contributed by atoms with Gasteiger partial charge in [-0.15, -0.1) is 0 Å². The van der Waals surface area contributed by atoms with Crippen LogP contribution in [0.3, 0.4) is 0 Å². The summed E-state index contributed by atoms with van der Waals surface area (Å²) < 4.78 is 45.4. The molecule has 3 aromatic heterocycles. The van der Waals surface area contributed by atoms with E-state index in [4.69, 9.17) is 32.8 Å². The Hall–Kier alpha value is -3.11. The van der Waals surface area contributed by atoms with Crippen molar-refractivity contribution in [3.05, 3.63) is 57.8 Å². The van der Waals surface area contributed by atoms with Gasteiger partial charge in [0.15, 0.2) is 5.65 Å². The number of carboxylic acid groups (broad SMARTS) is 1. The molecule has 0 fully saturated rings. The topological polar surface area (TPSA) is 93.5 Å². The highest BCUT2D eigenvalue weighted by Gasteiger charge is 2.32. The third-order valence-electron chi connectivity index (χ3n) is 4.40. The van der Waals surface area contributed by atoms with Crippen LogP contribution in [0.15, 0.2) is 41.2 Å². The van der Waals surface area contributed by atoms with Crippen LogP contribution in [0.4, 0.5) is 13.2 Å². The van der Waals surface area contributed by atoms with Crippen molar-refractivity contribution in [2.75, 3.05) is 0 Å². The minimum absolute atomic E-state index is 0.0504. The minimum atomic E-state index is -4.56. The lowest BCUT2D eigenvalue weighted by Gasteiger charge is -2.07. The van der Waals surface area contributed by atoms with E-state index >= 15 is 0 Å². The summed E-state index contributed by atoms with van der Waals surface area (Å²) in [5, 5.41) is 12.8. The number of aromatic nitrogens is 4. The molecule has 0 aliphatic heterocycles. The first-order valence-electron chi connectivity index (χ1n) is 8.72. The van der Waals surface area contributed by atoms with Crippen LogP contribution in [-0.4, -0.2) is 30.6 Å². The minimum Gasteiger partial charge on any atom is -0.481 e. The number of hydrogen-bond acceptors (Lipinski definition) is 5. The number of pyridine rings is 1. The highest BCUT2D eigenvalue weighted by Crippen LogP contribution is 2.33. The number of fused-ring (bicyclic) bond motifs is 1. The van der Waals surface area contributed by atoms with Crippen LogP contribution in [0.25, 0.3) is 28.6 Å². The van der Waals surface area contributed by atoms with Crippen molar-refractivity contribution in [2.45, 2.75) is 19.0 Å². The van der Waals surface area contributed by atoms with E-state index in [1.807, 2.05) is 0 Å². The Morgan fingerprint density at radius 3 is 2.58 bits per heavy atom. The maximum atomic E-state index is 13.0. The van der Waals surface area contributed by atoms with E-state index in [-0.39, 0.29) is 40.9 Å². The first kappa shape index (κ1) is 21.1. The molecule has 0 aliphatic rings. The molecular weight excluding hydrogens is 460 g/mol. The van der Waals surface area contributed by atoms with Crippen LogP contribution in [0.5, 0.6) is 0 Å². The number of alkyl halides is 3. The Kier molecular flexibility index (Phi) is 5.36. The predicted molar refractivity (Wildman–Crippen MR) is 105 cm³/mol. The Bertz CT molecular complexity index is 1300. The van der Waals surface area contributed by atoms with Gasteiger partial charge in [-0.2, -0.15) is 18.2 Å². The standard InChI is InChI=1S/C19H11Cl2F3N4O3/c20-12-5-10(2-1-9(12)3-4-15(29)30)18-26-16(27-31-18)14-8-28-7-11(19(22,23)24)6-13(21)17(28)25-14/h1-2,5-8H,3-4H2,(H,29,30). The molecular formula is C19H11Cl2F3N4O3. The van der Waals surface area contributed by atoms with Gasteiger partial charge in [-0.05, 0) is 30.2 Å². The first-order chi connectivity index (χ1) is 14.6. The van der Waals surface area contributed by atoms with Crippen LogP contribution in [0.2, 0.25) is 10.0 Å². The van der Waals surface area contributed by atoms with Crippen molar-refractivity contribution in [2.24, 2.45) is 0 Å². The van der Waals surface area contributed by atoms with E-state index in [2.05, 4.69) is 15.1 Å². The molecule has 0 unspecified atom stereocenters. The maximum Gasteiger partial charge on any atom is 0.417 e. The SMILES string of the molecule is O=C(O)CCc1ccc(-c2nc(-c3cn4cc(C(F)(F)F)cc(Cl)c4n3)no2)cc1Cl. The molecule has 0 saturated heterocycles. The summed E-state index contributed by atoms with van der Waals surface area (Å²) in [7, 11) is 0. The molecule has 1 aromatic carbocycles. The highest BCUT2D eigenvalue weighted by molar-refractivity contribution is 6.33. The number of rotatable bonds is 5. The molecule has 3 heterocycles. The van der Waals surface area contributed by atoms with Gasteiger partial charge in [0.25, 0.3) is 5.89 Å². The van der Waals surface area contributed by atoms with Gasteiger partial charge in [0, 0.05) is 29.4 Å². The number of carbonyl (C=O) groups is 1. The third kappa shape index (κ3) is 4.35. The van der Waals surface area contributed by atoms with Crippen LogP contribution in [0, 0.1) is 0 Å². The molecule has 4 rings (SSSR count). The molecule has 0 radical (unpaired) electrons. The monoisotopic (exact) mass is 470 g/mol. The molecule has 0 aliphatic carbocycles. The molecule has 12 heteroatoms. The summed E-state index contributed by atoms with van der Waals surface area (Å²) in [5.74, 6) is -0.771. The van der Waals surface area contributed by atoms with Crippen molar-refractivity contribution < 1.29 is 27.6 Å². The Morgan fingerprint density at radius 2 is 1.90 bits per heavy atom. The Balaban J connectivity index is 1.64. The van der Waals surface area contributed by atoms with E-state index < -0.39 is 17.7 Å². The number of halogens is 5. The normalized spacial score (nSPS) is 11.9. The van der Waals surface area contributed by atoms with Crippen LogP contribution in [0.1, 0.15) is 17.5 Å². The summed E-state index contributed by atoms with van der Waals surface area (Å²) in [6.45, 7) is 0. The zero-order valence-corrected chi connectivity index (χ0v) is 16.8. The highest BCUT2D eigenvalue weighted by atomic mass is 35.5. The van der Waals surface area contributed by atoms with Gasteiger partial charge in [-0.3, -0.25) is 4.79 Å². The van der Waals surface area contributed by atoms with Gasteiger partial charge in [0.1, 0.15) is 5.69 Å². The average molecular weight is 471 g/mol. The second kappa shape index (κ2) is 7.86. The molecule has 0 amide bonds.